The normalized spacial score (nSPS) is 12.0. The number of rotatable bonds is 4. The van der Waals surface area contributed by atoms with Crippen molar-refractivity contribution in [3.05, 3.63) is 35.1 Å². The Labute approximate surface area is 127 Å². The number of hydrogen-bond acceptors (Lipinski definition) is 4. The molecule has 6 nitrogen and oxygen atoms in total. The Bertz CT molecular complexity index is 649. The highest BCUT2D eigenvalue weighted by Crippen LogP contribution is 2.27. The van der Waals surface area contributed by atoms with E-state index in [2.05, 4.69) is 10.4 Å². The van der Waals surface area contributed by atoms with Crippen LogP contribution in [-0.4, -0.2) is 22.8 Å². The molecule has 1 atom stereocenters. The lowest BCUT2D eigenvalue weighted by molar-refractivity contribution is -0.119. The van der Waals surface area contributed by atoms with Gasteiger partial charge >= 0.3 is 0 Å². The lowest BCUT2D eigenvalue weighted by Gasteiger charge is -2.15. The molecule has 0 aliphatic carbocycles. The smallest absolute Gasteiger partial charge is 0.249 e. The maximum Gasteiger partial charge on any atom is 0.249 e. The molecule has 0 saturated heterocycles. The van der Waals surface area contributed by atoms with Crippen molar-refractivity contribution in [2.45, 2.75) is 19.9 Å². The number of nitrogen functional groups attached to an aromatic ring is 1. The quantitative estimate of drug-likeness (QED) is 0.851. The molecule has 1 aromatic carbocycles. The van der Waals surface area contributed by atoms with Crippen LogP contribution in [0.5, 0.6) is 5.75 Å². The van der Waals surface area contributed by atoms with E-state index in [9.17, 15) is 4.79 Å². The molecule has 1 unspecified atom stereocenters. The van der Waals surface area contributed by atoms with Crippen molar-refractivity contribution in [1.29, 1.82) is 0 Å². The van der Waals surface area contributed by atoms with Crippen molar-refractivity contribution in [3.63, 3.8) is 0 Å². The van der Waals surface area contributed by atoms with E-state index in [0.717, 1.165) is 0 Å². The summed E-state index contributed by atoms with van der Waals surface area (Å²) in [7, 11) is 1.53. The summed E-state index contributed by atoms with van der Waals surface area (Å²) in [5, 5.41) is 7.51. The molecule has 1 heterocycles. The summed E-state index contributed by atoms with van der Waals surface area (Å²) < 4.78 is 6.72. The molecule has 1 amide bonds. The first kappa shape index (κ1) is 15.2. The van der Waals surface area contributed by atoms with Crippen LogP contribution in [0.4, 0.5) is 11.4 Å². The molecule has 0 spiro atoms. The molecular weight excluding hydrogens is 292 g/mol. The van der Waals surface area contributed by atoms with Gasteiger partial charge in [-0.05, 0) is 32.0 Å². The van der Waals surface area contributed by atoms with E-state index in [1.807, 2.05) is 0 Å². The molecule has 0 saturated carbocycles. The highest BCUT2D eigenvalue weighted by molar-refractivity contribution is 6.31. The van der Waals surface area contributed by atoms with Crippen LogP contribution in [0.15, 0.2) is 24.4 Å². The van der Waals surface area contributed by atoms with Gasteiger partial charge in [-0.15, -0.1) is 0 Å². The van der Waals surface area contributed by atoms with Gasteiger partial charge in [0.25, 0.3) is 0 Å². The van der Waals surface area contributed by atoms with E-state index in [-0.39, 0.29) is 5.91 Å². The molecule has 2 aromatic rings. The maximum atomic E-state index is 12.3. The summed E-state index contributed by atoms with van der Waals surface area (Å²) in [5.41, 5.74) is 7.46. The summed E-state index contributed by atoms with van der Waals surface area (Å²) in [6.45, 7) is 3.52. The van der Waals surface area contributed by atoms with Crippen molar-refractivity contribution < 1.29 is 9.53 Å². The van der Waals surface area contributed by atoms with Crippen LogP contribution in [0.3, 0.4) is 0 Å². The molecule has 0 fully saturated rings. The SMILES string of the molecule is COc1ccc(N)cc1NC(=O)C(C)n1cc(Cl)c(C)n1. The summed E-state index contributed by atoms with van der Waals surface area (Å²) >= 11 is 5.96. The van der Waals surface area contributed by atoms with Gasteiger partial charge in [-0.25, -0.2) is 0 Å². The molecule has 112 valence electrons. The number of aryl methyl sites for hydroxylation is 1. The van der Waals surface area contributed by atoms with Crippen molar-refractivity contribution in [2.24, 2.45) is 0 Å². The Balaban J connectivity index is 2.19. The van der Waals surface area contributed by atoms with Crippen LogP contribution in [0.2, 0.25) is 5.02 Å². The van der Waals surface area contributed by atoms with Gasteiger partial charge in [0.2, 0.25) is 5.91 Å². The fourth-order valence-electron chi connectivity index (χ4n) is 1.84. The van der Waals surface area contributed by atoms with E-state index >= 15 is 0 Å². The van der Waals surface area contributed by atoms with Gasteiger partial charge in [0.05, 0.1) is 23.5 Å². The lowest BCUT2D eigenvalue weighted by Crippen LogP contribution is -2.24. The number of methoxy groups -OCH3 is 1. The second-order valence-electron chi connectivity index (χ2n) is 4.67. The van der Waals surface area contributed by atoms with E-state index in [1.54, 1.807) is 38.2 Å². The van der Waals surface area contributed by atoms with Crippen LogP contribution in [0.25, 0.3) is 0 Å². The minimum absolute atomic E-state index is 0.238. The third kappa shape index (κ3) is 3.28. The number of nitrogens with two attached hydrogens (primary N) is 1. The topological polar surface area (TPSA) is 82.2 Å². The van der Waals surface area contributed by atoms with Crippen molar-refractivity contribution >= 4 is 28.9 Å². The number of nitrogens with zero attached hydrogens (tertiary/aromatic N) is 2. The molecule has 0 aliphatic heterocycles. The van der Waals surface area contributed by atoms with Crippen LogP contribution in [0.1, 0.15) is 18.7 Å². The van der Waals surface area contributed by atoms with Gasteiger partial charge in [-0.3, -0.25) is 9.48 Å². The Morgan fingerprint density at radius 1 is 1.52 bits per heavy atom. The first-order valence-corrected chi connectivity index (χ1v) is 6.75. The third-order valence-corrected chi connectivity index (χ3v) is 3.49. The molecule has 21 heavy (non-hydrogen) atoms. The molecular formula is C14H17ClN4O2. The fraction of sp³-hybridized carbons (Fsp3) is 0.286. The second kappa shape index (κ2) is 6.05. The van der Waals surface area contributed by atoms with Gasteiger partial charge in [-0.1, -0.05) is 11.6 Å². The number of anilines is 2. The molecule has 2 rings (SSSR count). The molecule has 3 N–H and O–H groups in total. The number of nitrogens with one attached hydrogen (secondary N) is 1. The van der Waals surface area contributed by atoms with Crippen LogP contribution >= 0.6 is 11.6 Å². The minimum Gasteiger partial charge on any atom is -0.495 e. The number of halogens is 1. The van der Waals surface area contributed by atoms with Crippen LogP contribution < -0.4 is 15.8 Å². The van der Waals surface area contributed by atoms with Gasteiger partial charge in [-0.2, -0.15) is 5.10 Å². The van der Waals surface area contributed by atoms with E-state index in [4.69, 9.17) is 22.1 Å². The summed E-state index contributed by atoms with van der Waals surface area (Å²) in [6.07, 6.45) is 1.62. The average Bonchev–Trinajstić information content (AvgIpc) is 2.78. The van der Waals surface area contributed by atoms with E-state index < -0.39 is 6.04 Å². The largest absolute Gasteiger partial charge is 0.495 e. The van der Waals surface area contributed by atoms with Crippen LogP contribution in [0, 0.1) is 6.92 Å². The molecule has 0 aliphatic rings. The number of carbonyl (C=O) groups excluding carboxylic acids is 1. The monoisotopic (exact) mass is 308 g/mol. The number of ether oxygens (including phenoxy) is 1. The Hall–Kier alpha value is -2.21. The standard InChI is InChI=1S/C14H17ClN4O2/c1-8-11(15)7-19(18-8)9(2)14(20)17-12-6-10(16)4-5-13(12)21-3/h4-7,9H,16H2,1-3H3,(H,17,20). The Kier molecular flexibility index (Phi) is 4.37. The van der Waals surface area contributed by atoms with Crippen molar-refractivity contribution in [1.82, 2.24) is 9.78 Å². The predicted molar refractivity (Wildman–Crippen MR) is 82.7 cm³/mol. The van der Waals surface area contributed by atoms with Crippen molar-refractivity contribution in [3.8, 4) is 5.75 Å². The molecule has 1 aromatic heterocycles. The maximum absolute atomic E-state index is 12.3. The Morgan fingerprint density at radius 3 is 2.81 bits per heavy atom. The van der Waals surface area contributed by atoms with E-state index in [0.29, 0.717) is 27.8 Å². The molecule has 0 bridgehead atoms. The first-order valence-electron chi connectivity index (χ1n) is 6.38. The first-order chi connectivity index (χ1) is 9.92. The zero-order chi connectivity index (χ0) is 15.6. The zero-order valence-electron chi connectivity index (χ0n) is 12.1. The van der Waals surface area contributed by atoms with Gasteiger partial charge < -0.3 is 15.8 Å². The van der Waals surface area contributed by atoms with E-state index in [1.165, 1.54) is 11.8 Å². The predicted octanol–water partition coefficient (Wildman–Crippen LogP) is 2.64. The summed E-state index contributed by atoms with van der Waals surface area (Å²) in [4.78, 5) is 12.3. The van der Waals surface area contributed by atoms with Gasteiger partial charge in [0, 0.05) is 11.9 Å². The summed E-state index contributed by atoms with van der Waals surface area (Å²) in [5.74, 6) is 0.303. The second-order valence-corrected chi connectivity index (χ2v) is 5.07. The van der Waals surface area contributed by atoms with Gasteiger partial charge in [0.1, 0.15) is 11.8 Å². The molecule has 0 radical (unpaired) electrons. The number of amides is 1. The highest BCUT2D eigenvalue weighted by Gasteiger charge is 2.18. The third-order valence-electron chi connectivity index (χ3n) is 3.11. The highest BCUT2D eigenvalue weighted by atomic mass is 35.5. The molecule has 7 heteroatoms. The van der Waals surface area contributed by atoms with Crippen LogP contribution in [-0.2, 0) is 4.79 Å². The zero-order valence-corrected chi connectivity index (χ0v) is 12.8. The van der Waals surface area contributed by atoms with Gasteiger partial charge in [0.15, 0.2) is 0 Å². The number of hydrogen-bond donors (Lipinski definition) is 2. The number of carbonyl (C=O) groups is 1. The lowest BCUT2D eigenvalue weighted by atomic mass is 10.2. The Morgan fingerprint density at radius 2 is 2.24 bits per heavy atom. The summed E-state index contributed by atoms with van der Waals surface area (Å²) in [6, 6.07) is 4.53. The number of aromatic nitrogens is 2. The fourth-order valence-corrected chi connectivity index (χ4v) is 1.98. The van der Waals surface area contributed by atoms with Crippen molar-refractivity contribution in [2.75, 3.05) is 18.2 Å². The number of benzene rings is 1. The minimum atomic E-state index is -0.512. The average molecular weight is 309 g/mol.